The minimum Gasteiger partial charge on any atom is -0.490 e. The monoisotopic (exact) mass is 1140 g/mol. The summed E-state index contributed by atoms with van der Waals surface area (Å²) in [7, 11) is -7.73. The number of nitrogens with zero attached hydrogens (tertiary/aromatic N) is 2. The predicted octanol–water partition coefficient (Wildman–Crippen LogP) is 8.93. The van der Waals surface area contributed by atoms with Crippen LogP contribution in [-0.2, 0) is 43.7 Å². The summed E-state index contributed by atoms with van der Waals surface area (Å²) in [5, 5.41) is 23.5. The molecule has 2 fully saturated rings. The van der Waals surface area contributed by atoms with Crippen LogP contribution in [0.1, 0.15) is 108 Å². The molecule has 4 aromatic carbocycles. The summed E-state index contributed by atoms with van der Waals surface area (Å²) in [4.78, 5) is 30.8. The first-order valence-corrected chi connectivity index (χ1v) is 31.7. The first-order chi connectivity index (χ1) is 37.2. The third kappa shape index (κ3) is 11.3. The highest BCUT2D eigenvalue weighted by molar-refractivity contribution is 7.90. The van der Waals surface area contributed by atoms with Gasteiger partial charge in [0.2, 0.25) is 20.0 Å². The molecule has 2 spiro atoms. The number of nitrogens with one attached hydrogen (secondary N) is 2. The van der Waals surface area contributed by atoms with E-state index in [4.69, 9.17) is 32.7 Å². The summed E-state index contributed by atoms with van der Waals surface area (Å²) < 4.78 is 68.5. The fourth-order valence-corrected chi connectivity index (χ4v) is 16.8. The van der Waals surface area contributed by atoms with Gasteiger partial charge in [-0.05, 0) is 183 Å². The molecule has 10 atom stereocenters. The molecule has 14 nitrogen and oxygen atoms in total. The number of allylic oxidation sites excluding steroid dienone is 2. The molecule has 78 heavy (non-hydrogen) atoms. The van der Waals surface area contributed by atoms with Gasteiger partial charge in [-0.3, -0.25) is 9.59 Å². The lowest BCUT2D eigenvalue weighted by molar-refractivity contribution is 0.0453. The van der Waals surface area contributed by atoms with Crippen LogP contribution in [0.3, 0.4) is 0 Å². The number of sulfonamides is 2. The van der Waals surface area contributed by atoms with E-state index in [1.54, 1.807) is 74.5 Å². The number of fused-ring (bicyclic) bond motifs is 8. The zero-order chi connectivity index (χ0) is 54.7. The van der Waals surface area contributed by atoms with E-state index >= 15 is 0 Å². The molecule has 4 bridgehead atoms. The largest absolute Gasteiger partial charge is 0.490 e. The molecule has 4 aliphatic heterocycles. The van der Waals surface area contributed by atoms with Crippen LogP contribution in [0.4, 0.5) is 11.4 Å². The van der Waals surface area contributed by atoms with Crippen molar-refractivity contribution in [1.29, 1.82) is 0 Å². The molecule has 4 heterocycles. The molecular weight excluding hydrogens is 1070 g/mol. The molecule has 0 saturated heterocycles. The van der Waals surface area contributed by atoms with Crippen LogP contribution in [-0.4, -0.2) is 102 Å². The van der Waals surface area contributed by atoms with Gasteiger partial charge in [0.05, 0.1) is 48.3 Å². The number of aliphatic hydroxyl groups excluding tert-OH is 2. The zero-order valence-corrected chi connectivity index (χ0v) is 47.4. The van der Waals surface area contributed by atoms with Crippen molar-refractivity contribution in [2.75, 3.05) is 60.7 Å². The van der Waals surface area contributed by atoms with Crippen molar-refractivity contribution in [3.63, 3.8) is 0 Å². The standard InChI is InChI=1S/2C30H35ClN2O5S/c2*1-19-4-10-27(34)24-8-5-22(24)15-33-17-30(12-2-3-20-13-23(31)7-9-25(20)30)18-38-28-11-6-21(14-26(28)33)29(35)32-39(36,37)16-19/h2*4,6-7,9-11,13-14,19,22,24,27,34H,2-3,5,8,12,15-18H2,1H3,(H,32,35)/b2*10-4+/t19-,22+,24-,27+,30+;19-,22-,24+,27-,30-/m10/s1. The third-order valence-corrected chi connectivity index (χ3v) is 21.5. The van der Waals surface area contributed by atoms with E-state index in [9.17, 15) is 36.6 Å². The number of halogens is 2. The molecule has 8 aliphatic rings. The molecule has 0 radical (unpaired) electrons. The third-order valence-electron chi connectivity index (χ3n) is 18.1. The highest BCUT2D eigenvalue weighted by Gasteiger charge is 2.46. The second-order valence-electron chi connectivity index (χ2n) is 23.7. The number of hydrogen-bond acceptors (Lipinski definition) is 12. The Morgan fingerprint density at radius 1 is 0.577 bits per heavy atom. The Balaban J connectivity index is 0.000000165. The zero-order valence-electron chi connectivity index (χ0n) is 44.2. The lowest BCUT2D eigenvalue weighted by Crippen LogP contribution is -2.49. The van der Waals surface area contributed by atoms with Gasteiger partial charge < -0.3 is 29.5 Å². The average molecular weight is 1140 g/mol. The number of hydrogen-bond donors (Lipinski definition) is 4. The molecule has 416 valence electrons. The van der Waals surface area contributed by atoms with Crippen molar-refractivity contribution in [2.45, 2.75) is 101 Å². The van der Waals surface area contributed by atoms with E-state index in [2.05, 4.69) is 43.5 Å². The summed E-state index contributed by atoms with van der Waals surface area (Å²) in [5.41, 5.74) is 6.65. The first-order valence-electron chi connectivity index (χ1n) is 27.7. The normalized spacial score (nSPS) is 32.7. The lowest BCUT2D eigenvalue weighted by Gasteiger charge is -2.45. The molecule has 4 aliphatic carbocycles. The lowest BCUT2D eigenvalue weighted by atomic mass is 9.68. The Bertz CT molecular complexity index is 3070. The first kappa shape index (κ1) is 54.8. The number of amides is 2. The number of anilines is 2. The average Bonchev–Trinajstić information content (AvgIpc) is 3.90. The van der Waals surface area contributed by atoms with Gasteiger partial charge in [-0.2, -0.15) is 0 Å². The van der Waals surface area contributed by atoms with Gasteiger partial charge in [-0.25, -0.2) is 26.3 Å². The van der Waals surface area contributed by atoms with Crippen LogP contribution in [0.15, 0.2) is 97.1 Å². The Hall–Kier alpha value is -5.10. The molecular formula is C60H70Cl2N4O10S2. The van der Waals surface area contributed by atoms with Gasteiger partial charge >= 0.3 is 0 Å². The van der Waals surface area contributed by atoms with E-state index in [1.165, 1.54) is 22.3 Å². The summed E-state index contributed by atoms with van der Waals surface area (Å²) in [6.45, 7) is 7.38. The maximum Gasteiger partial charge on any atom is 0.264 e. The Kier molecular flexibility index (Phi) is 15.3. The maximum absolute atomic E-state index is 13.1. The van der Waals surface area contributed by atoms with Gasteiger partial charge in [0, 0.05) is 58.2 Å². The molecule has 2 saturated carbocycles. The SMILES string of the molecule is C[C@@H]1/C=C/[C@H](O)[C@@H]2CC[C@H]2CN2C[C@@]3(CCCc4cc(Cl)ccc43)COc3ccc(cc32)C(=O)NS(=O)(=O)C1.C[C@H]1/C=C/[C@H](O)[C@@H]2CC[C@H]2CN2C[C@@]3(CCCc4cc(Cl)ccc43)COc3ccc(cc32)C(=O)NS(=O)(=O)C1. The molecule has 4 N–H and O–H groups in total. The highest BCUT2D eigenvalue weighted by Crippen LogP contribution is 2.49. The Morgan fingerprint density at radius 2 is 1.00 bits per heavy atom. The quantitative estimate of drug-likeness (QED) is 0.123. The number of benzene rings is 4. The van der Waals surface area contributed by atoms with Crippen LogP contribution < -0.4 is 28.7 Å². The van der Waals surface area contributed by atoms with Crippen molar-refractivity contribution >= 4 is 66.4 Å². The second-order valence-corrected chi connectivity index (χ2v) is 28.1. The van der Waals surface area contributed by atoms with Crippen LogP contribution in [0, 0.1) is 35.5 Å². The summed E-state index contributed by atoms with van der Waals surface area (Å²) in [6, 6.07) is 22.6. The number of ether oxygens (including phenoxy) is 2. The molecule has 12 rings (SSSR count). The van der Waals surface area contributed by atoms with E-state index in [-0.39, 0.29) is 69.0 Å². The van der Waals surface area contributed by atoms with Crippen molar-refractivity contribution in [1.82, 2.24) is 9.44 Å². The number of aryl methyl sites for hydroxylation is 2. The smallest absolute Gasteiger partial charge is 0.264 e. The van der Waals surface area contributed by atoms with Crippen LogP contribution in [0.2, 0.25) is 10.0 Å². The van der Waals surface area contributed by atoms with Crippen LogP contribution >= 0.6 is 23.2 Å². The van der Waals surface area contributed by atoms with Crippen molar-refractivity contribution in [3.8, 4) is 11.5 Å². The number of rotatable bonds is 0. The van der Waals surface area contributed by atoms with Gasteiger partial charge in [0.25, 0.3) is 11.8 Å². The van der Waals surface area contributed by atoms with Crippen LogP contribution in [0.25, 0.3) is 0 Å². The fraction of sp³-hybridized carbons (Fsp3) is 0.500. The van der Waals surface area contributed by atoms with Crippen molar-refractivity contribution in [3.05, 3.63) is 141 Å². The Morgan fingerprint density at radius 3 is 1.40 bits per heavy atom. The van der Waals surface area contributed by atoms with Crippen molar-refractivity contribution < 1.29 is 46.1 Å². The predicted molar refractivity (Wildman–Crippen MR) is 304 cm³/mol. The number of carbonyl (C=O) groups excluding carboxylic acids is 2. The molecule has 18 heteroatoms. The van der Waals surface area contributed by atoms with Gasteiger partial charge in [-0.1, -0.05) is 73.5 Å². The van der Waals surface area contributed by atoms with E-state index in [0.717, 1.165) is 98.7 Å². The molecule has 4 aromatic rings. The van der Waals surface area contributed by atoms with Crippen LogP contribution in [0.5, 0.6) is 11.5 Å². The summed E-state index contributed by atoms with van der Waals surface area (Å²) in [6.07, 6.45) is 15.5. The molecule has 0 aromatic heterocycles. The molecule has 2 amide bonds. The second kappa shape index (κ2) is 21.8. The number of aliphatic hydroxyl groups is 2. The van der Waals surface area contributed by atoms with E-state index in [0.29, 0.717) is 37.8 Å². The van der Waals surface area contributed by atoms with E-state index < -0.39 is 44.1 Å². The Labute approximate surface area is 468 Å². The van der Waals surface area contributed by atoms with Gasteiger partial charge in [-0.15, -0.1) is 0 Å². The van der Waals surface area contributed by atoms with Gasteiger partial charge in [0.1, 0.15) is 11.5 Å². The molecule has 0 unspecified atom stereocenters. The number of carbonyl (C=O) groups is 2. The summed E-state index contributed by atoms with van der Waals surface area (Å²) in [5.74, 6) is -0.371. The fourth-order valence-electron chi connectivity index (χ4n) is 13.8. The van der Waals surface area contributed by atoms with E-state index in [1.807, 2.05) is 12.1 Å². The minimum absolute atomic E-state index is 0.0964. The summed E-state index contributed by atoms with van der Waals surface area (Å²) >= 11 is 12.7. The topological polar surface area (TPSA) is 192 Å². The minimum atomic E-state index is -3.87. The maximum atomic E-state index is 13.1. The highest BCUT2D eigenvalue weighted by atomic mass is 35.5. The van der Waals surface area contributed by atoms with Crippen molar-refractivity contribution in [2.24, 2.45) is 35.5 Å². The van der Waals surface area contributed by atoms with Gasteiger partial charge in [0.15, 0.2) is 0 Å².